The first kappa shape index (κ1) is 17.9. The maximum Gasteiger partial charge on any atom is 0.193 e. The summed E-state index contributed by atoms with van der Waals surface area (Å²) >= 11 is 0. The minimum atomic E-state index is -1.96. The van der Waals surface area contributed by atoms with Crippen molar-refractivity contribution in [1.82, 2.24) is 9.13 Å². The Balaban J connectivity index is 1.61. The fraction of sp³-hybridized carbons (Fsp3) is 0.273. The largest absolute Gasteiger partial charge is 0.494 e. The number of aromatic hydroxyl groups is 2. The fourth-order valence-electron chi connectivity index (χ4n) is 4.52. The first-order chi connectivity index (χ1) is 13.2. The minimum Gasteiger partial charge on any atom is -0.494 e. The number of aromatic nitrogens is 1. The van der Waals surface area contributed by atoms with Gasteiger partial charge in [-0.1, -0.05) is 60.7 Å². The highest BCUT2D eigenvalue weighted by Crippen LogP contribution is 2.27. The molecule has 0 unspecified atom stereocenters. The Morgan fingerprint density at radius 2 is 1.30 bits per heavy atom. The Labute approximate surface area is 161 Å². The van der Waals surface area contributed by atoms with Gasteiger partial charge in [-0.25, -0.2) is 0 Å². The summed E-state index contributed by atoms with van der Waals surface area (Å²) < 4.78 is 4.28. The molecule has 2 heterocycles. The summed E-state index contributed by atoms with van der Waals surface area (Å²) in [5, 5.41) is 22.7. The second-order valence-electron chi connectivity index (χ2n) is 7.24. The summed E-state index contributed by atoms with van der Waals surface area (Å²) in [6.07, 6.45) is 2.11. The van der Waals surface area contributed by atoms with Crippen LogP contribution in [0.4, 0.5) is 0 Å². The normalized spacial score (nSPS) is 16.6. The van der Waals surface area contributed by atoms with Crippen LogP contribution in [0.3, 0.4) is 0 Å². The summed E-state index contributed by atoms with van der Waals surface area (Å²) in [5.41, 5.74) is 0. The standard InChI is InChI=1S/C22H26N2O2Si/c25-21-13-14-22(26)24(21)17-7-15-23-16-8-18-27(23,19-9-3-1-4-10-19)20-11-5-2-6-12-20/h1-6,9-14,25-26H,7-8,15-18H2. The predicted octanol–water partition coefficient (Wildman–Crippen LogP) is 2.76. The van der Waals surface area contributed by atoms with E-state index in [1.54, 1.807) is 4.57 Å². The molecule has 4 rings (SSSR count). The Bertz CT molecular complexity index is 821. The second-order valence-corrected chi connectivity index (χ2v) is 11.2. The van der Waals surface area contributed by atoms with Gasteiger partial charge in [-0.2, -0.15) is 0 Å². The molecule has 2 aromatic carbocycles. The van der Waals surface area contributed by atoms with Crippen LogP contribution < -0.4 is 10.4 Å². The van der Waals surface area contributed by atoms with Crippen LogP contribution in [0.5, 0.6) is 11.8 Å². The van der Waals surface area contributed by atoms with Gasteiger partial charge in [0, 0.05) is 18.7 Å². The summed E-state index contributed by atoms with van der Waals surface area (Å²) in [4.78, 5) is 0. The molecule has 4 nitrogen and oxygen atoms in total. The van der Waals surface area contributed by atoms with E-state index in [4.69, 9.17) is 0 Å². The molecule has 0 amide bonds. The van der Waals surface area contributed by atoms with Crippen molar-refractivity contribution in [2.24, 2.45) is 0 Å². The van der Waals surface area contributed by atoms with Crippen LogP contribution in [0.15, 0.2) is 72.8 Å². The molecule has 2 N–H and O–H groups in total. The molecule has 0 atom stereocenters. The lowest BCUT2D eigenvalue weighted by Gasteiger charge is -2.37. The third-order valence-electron chi connectivity index (χ3n) is 5.75. The van der Waals surface area contributed by atoms with Crippen LogP contribution in [0.1, 0.15) is 12.8 Å². The van der Waals surface area contributed by atoms with E-state index in [9.17, 15) is 10.2 Å². The molecule has 1 fully saturated rings. The second kappa shape index (κ2) is 7.62. The lowest BCUT2D eigenvalue weighted by atomic mass is 10.4. The van der Waals surface area contributed by atoms with Gasteiger partial charge in [-0.05, 0) is 42.3 Å². The van der Waals surface area contributed by atoms with Crippen molar-refractivity contribution in [2.45, 2.75) is 25.4 Å². The van der Waals surface area contributed by atoms with Gasteiger partial charge < -0.3 is 14.8 Å². The van der Waals surface area contributed by atoms with E-state index in [2.05, 4.69) is 65.2 Å². The van der Waals surface area contributed by atoms with E-state index in [1.165, 1.54) is 35.0 Å². The number of rotatable bonds is 6. The maximum atomic E-state index is 9.88. The van der Waals surface area contributed by atoms with E-state index >= 15 is 0 Å². The SMILES string of the molecule is Oc1ccc(O)n1CCCN1CCC[Si]1(c1ccccc1)c1ccccc1. The Morgan fingerprint density at radius 3 is 1.85 bits per heavy atom. The van der Waals surface area contributed by atoms with Gasteiger partial charge in [0.15, 0.2) is 20.0 Å². The molecule has 0 bridgehead atoms. The third kappa shape index (κ3) is 3.28. The number of hydrogen-bond donors (Lipinski definition) is 2. The van der Waals surface area contributed by atoms with Crippen molar-refractivity contribution in [3.05, 3.63) is 72.8 Å². The van der Waals surface area contributed by atoms with Crippen LogP contribution in [0.25, 0.3) is 0 Å². The smallest absolute Gasteiger partial charge is 0.193 e. The van der Waals surface area contributed by atoms with E-state index in [0.29, 0.717) is 6.54 Å². The van der Waals surface area contributed by atoms with Crippen molar-refractivity contribution in [2.75, 3.05) is 13.1 Å². The summed E-state index contributed by atoms with van der Waals surface area (Å²) in [7, 11) is -1.96. The molecule has 5 heteroatoms. The van der Waals surface area contributed by atoms with Crippen LogP contribution in [-0.4, -0.2) is 40.7 Å². The molecule has 1 saturated heterocycles. The number of nitrogens with zero attached hydrogens (tertiary/aromatic N) is 2. The van der Waals surface area contributed by atoms with Crippen molar-refractivity contribution >= 4 is 18.6 Å². The first-order valence-corrected chi connectivity index (χ1v) is 11.8. The van der Waals surface area contributed by atoms with Crippen LogP contribution >= 0.6 is 0 Å². The summed E-state index contributed by atoms with van der Waals surface area (Å²) in [6.45, 7) is 2.70. The Hall–Kier alpha value is -2.50. The number of hydrogen-bond acceptors (Lipinski definition) is 3. The van der Waals surface area contributed by atoms with E-state index < -0.39 is 8.24 Å². The zero-order valence-corrected chi connectivity index (χ0v) is 16.5. The van der Waals surface area contributed by atoms with Crippen LogP contribution in [0, 0.1) is 0 Å². The van der Waals surface area contributed by atoms with Crippen LogP contribution in [0.2, 0.25) is 6.04 Å². The van der Waals surface area contributed by atoms with Gasteiger partial charge in [-0.3, -0.25) is 4.57 Å². The molecule has 1 aliphatic rings. The van der Waals surface area contributed by atoms with Gasteiger partial charge in [0.2, 0.25) is 0 Å². The zero-order chi connectivity index (χ0) is 18.7. The average Bonchev–Trinajstić information content (AvgIpc) is 3.28. The zero-order valence-electron chi connectivity index (χ0n) is 15.5. The molecular weight excluding hydrogens is 352 g/mol. The molecule has 27 heavy (non-hydrogen) atoms. The Morgan fingerprint density at radius 1 is 0.741 bits per heavy atom. The molecule has 1 aromatic heterocycles. The monoisotopic (exact) mass is 378 g/mol. The van der Waals surface area contributed by atoms with E-state index in [0.717, 1.165) is 19.5 Å². The quantitative estimate of drug-likeness (QED) is 0.649. The highest BCUT2D eigenvalue weighted by atomic mass is 28.3. The molecule has 0 radical (unpaired) electrons. The highest BCUT2D eigenvalue weighted by Gasteiger charge is 2.46. The molecule has 0 aliphatic carbocycles. The van der Waals surface area contributed by atoms with Crippen molar-refractivity contribution in [3.63, 3.8) is 0 Å². The van der Waals surface area contributed by atoms with Crippen molar-refractivity contribution < 1.29 is 10.2 Å². The van der Waals surface area contributed by atoms with Gasteiger partial charge in [0.05, 0.1) is 0 Å². The lowest BCUT2D eigenvalue weighted by molar-refractivity contribution is 0.352. The van der Waals surface area contributed by atoms with E-state index in [1.807, 2.05) is 0 Å². The van der Waals surface area contributed by atoms with Crippen LogP contribution in [-0.2, 0) is 6.54 Å². The first-order valence-electron chi connectivity index (χ1n) is 9.65. The van der Waals surface area contributed by atoms with Crippen molar-refractivity contribution in [3.8, 4) is 11.8 Å². The predicted molar refractivity (Wildman–Crippen MR) is 111 cm³/mol. The molecular formula is C22H26N2O2Si. The molecule has 0 spiro atoms. The minimum absolute atomic E-state index is 0.128. The third-order valence-corrected chi connectivity index (χ3v) is 10.9. The molecule has 0 saturated carbocycles. The number of benzene rings is 2. The van der Waals surface area contributed by atoms with Gasteiger partial charge in [0.1, 0.15) is 0 Å². The summed E-state index contributed by atoms with van der Waals surface area (Å²) in [6, 6.07) is 26.3. The summed E-state index contributed by atoms with van der Waals surface area (Å²) in [5.74, 6) is 0.257. The highest BCUT2D eigenvalue weighted by molar-refractivity contribution is 7.00. The Kier molecular flexibility index (Phi) is 5.05. The lowest BCUT2D eigenvalue weighted by Crippen LogP contribution is -2.67. The van der Waals surface area contributed by atoms with Gasteiger partial charge in [0.25, 0.3) is 0 Å². The van der Waals surface area contributed by atoms with Gasteiger partial charge >= 0.3 is 0 Å². The molecule has 140 valence electrons. The molecule has 1 aliphatic heterocycles. The maximum absolute atomic E-state index is 9.88. The average molecular weight is 379 g/mol. The van der Waals surface area contributed by atoms with Crippen molar-refractivity contribution in [1.29, 1.82) is 0 Å². The fourth-order valence-corrected chi connectivity index (χ4v) is 9.72. The topological polar surface area (TPSA) is 48.6 Å². The van der Waals surface area contributed by atoms with Gasteiger partial charge in [-0.15, -0.1) is 0 Å². The molecule has 3 aromatic rings. The van der Waals surface area contributed by atoms with E-state index in [-0.39, 0.29) is 11.8 Å².